The predicted octanol–water partition coefficient (Wildman–Crippen LogP) is 4.02. The molecule has 0 atom stereocenters. The number of rotatable bonds is 7. The summed E-state index contributed by atoms with van der Waals surface area (Å²) in [4.78, 5) is 26.8. The fourth-order valence-electron chi connectivity index (χ4n) is 2.78. The third-order valence-electron chi connectivity index (χ3n) is 4.18. The van der Waals surface area contributed by atoms with Crippen LogP contribution in [0.3, 0.4) is 0 Å². The van der Waals surface area contributed by atoms with Crippen LogP contribution in [0.5, 0.6) is 11.5 Å². The molecule has 1 saturated heterocycles. The molecule has 29 heavy (non-hydrogen) atoms. The first kappa shape index (κ1) is 20.9. The highest BCUT2D eigenvalue weighted by Gasteiger charge is 2.31. The van der Waals surface area contributed by atoms with Crippen LogP contribution >= 0.6 is 24.0 Å². The first-order valence-electron chi connectivity index (χ1n) is 8.94. The van der Waals surface area contributed by atoms with Gasteiger partial charge in [0.1, 0.15) is 15.8 Å². The molecule has 1 heterocycles. The Morgan fingerprint density at radius 3 is 2.83 bits per heavy atom. The maximum atomic E-state index is 12.7. The van der Waals surface area contributed by atoms with Crippen LogP contribution in [0.4, 0.5) is 5.69 Å². The Hall–Kier alpha value is -2.84. The van der Waals surface area contributed by atoms with Gasteiger partial charge in [-0.2, -0.15) is 0 Å². The van der Waals surface area contributed by atoms with E-state index in [1.54, 1.807) is 25.3 Å². The number of anilines is 1. The molecule has 0 bridgehead atoms. The molecule has 2 aromatic rings. The van der Waals surface area contributed by atoms with E-state index >= 15 is 0 Å². The molecule has 1 aliphatic heterocycles. The number of benzene rings is 2. The van der Waals surface area contributed by atoms with E-state index in [2.05, 4.69) is 5.32 Å². The third-order valence-corrected chi connectivity index (χ3v) is 5.56. The number of carbonyl (C=O) groups is 2. The molecule has 1 fully saturated rings. The Morgan fingerprint density at radius 2 is 2.07 bits per heavy atom. The van der Waals surface area contributed by atoms with Crippen molar-refractivity contribution in [3.8, 4) is 11.5 Å². The fourth-order valence-corrected chi connectivity index (χ4v) is 4.09. The van der Waals surface area contributed by atoms with Crippen molar-refractivity contribution >= 4 is 51.9 Å². The summed E-state index contributed by atoms with van der Waals surface area (Å²) in [6.45, 7) is 0.369. The summed E-state index contributed by atoms with van der Waals surface area (Å²) in [5, 5.41) is 12.2. The van der Waals surface area contributed by atoms with Crippen LogP contribution in [-0.2, 0) is 9.59 Å². The number of thioether (sulfide) groups is 1. The zero-order valence-electron chi connectivity index (χ0n) is 15.8. The van der Waals surface area contributed by atoms with Gasteiger partial charge < -0.3 is 15.2 Å². The highest BCUT2D eigenvalue weighted by atomic mass is 32.2. The van der Waals surface area contributed by atoms with Gasteiger partial charge in [0.05, 0.1) is 12.0 Å². The average molecular weight is 429 g/mol. The van der Waals surface area contributed by atoms with Crippen molar-refractivity contribution in [3.05, 3.63) is 59.0 Å². The van der Waals surface area contributed by atoms with Crippen molar-refractivity contribution in [1.29, 1.82) is 0 Å². The summed E-state index contributed by atoms with van der Waals surface area (Å²) < 4.78 is 5.69. The van der Waals surface area contributed by atoms with Gasteiger partial charge in [-0.25, -0.2) is 0 Å². The summed E-state index contributed by atoms with van der Waals surface area (Å²) in [5.41, 5.74) is 1.39. The number of phenolic OH excluding ortho intramolecular Hbond substituents is 1. The highest BCUT2D eigenvalue weighted by Crippen LogP contribution is 2.33. The molecule has 0 aliphatic carbocycles. The minimum Gasteiger partial charge on any atom is -0.508 e. The lowest BCUT2D eigenvalue weighted by molar-refractivity contribution is -0.122. The Morgan fingerprint density at radius 1 is 1.28 bits per heavy atom. The minimum absolute atomic E-state index is 0.0863. The highest BCUT2D eigenvalue weighted by molar-refractivity contribution is 8.26. The Kier molecular flexibility index (Phi) is 6.90. The molecule has 2 amide bonds. The molecule has 6 nitrogen and oxygen atoms in total. The van der Waals surface area contributed by atoms with E-state index < -0.39 is 0 Å². The lowest BCUT2D eigenvalue weighted by Crippen LogP contribution is -2.29. The van der Waals surface area contributed by atoms with Crippen LogP contribution in [0.25, 0.3) is 6.08 Å². The number of ether oxygens (including phenoxy) is 1. The minimum atomic E-state index is -0.187. The molecular formula is C21H20N2O4S2. The molecule has 0 unspecified atom stereocenters. The topological polar surface area (TPSA) is 78.9 Å². The molecule has 2 N–H and O–H groups in total. The molecule has 2 aromatic carbocycles. The largest absolute Gasteiger partial charge is 0.508 e. The normalized spacial score (nSPS) is 15.1. The van der Waals surface area contributed by atoms with Gasteiger partial charge in [0.25, 0.3) is 5.91 Å². The number of nitrogens with one attached hydrogen (secondary N) is 1. The first-order valence-corrected chi connectivity index (χ1v) is 10.2. The van der Waals surface area contributed by atoms with Crippen LogP contribution in [0.1, 0.15) is 18.4 Å². The molecule has 8 heteroatoms. The van der Waals surface area contributed by atoms with Crippen LogP contribution < -0.4 is 10.1 Å². The van der Waals surface area contributed by atoms with E-state index in [4.69, 9.17) is 17.0 Å². The average Bonchev–Trinajstić information content (AvgIpc) is 2.95. The second-order valence-corrected chi connectivity index (χ2v) is 7.99. The molecule has 0 saturated carbocycles. The molecule has 0 aromatic heterocycles. The summed E-state index contributed by atoms with van der Waals surface area (Å²) in [6.07, 6.45) is 2.50. The number of phenols is 1. The van der Waals surface area contributed by atoms with Gasteiger partial charge in [-0.3, -0.25) is 14.5 Å². The number of carbonyl (C=O) groups excluding carboxylic acids is 2. The molecule has 3 rings (SSSR count). The van der Waals surface area contributed by atoms with E-state index in [0.717, 1.165) is 5.56 Å². The standard InChI is InChI=1S/C21H20N2O4S2/c1-27-17-8-2-5-14(11-17)12-18-20(26)23(21(28)29-18)10-4-9-19(25)22-15-6-3-7-16(24)13-15/h2-3,5-8,11-13,24H,4,9-10H2,1H3,(H,22,25). The quantitative estimate of drug-likeness (QED) is 0.512. The zero-order valence-corrected chi connectivity index (χ0v) is 17.4. The van der Waals surface area contributed by atoms with Crippen molar-refractivity contribution in [3.63, 3.8) is 0 Å². The van der Waals surface area contributed by atoms with E-state index in [0.29, 0.717) is 33.6 Å². The van der Waals surface area contributed by atoms with Gasteiger partial charge in [0.15, 0.2) is 0 Å². The molecule has 1 aliphatic rings. The summed E-state index contributed by atoms with van der Waals surface area (Å²) >= 11 is 6.58. The summed E-state index contributed by atoms with van der Waals surface area (Å²) in [7, 11) is 1.59. The van der Waals surface area contributed by atoms with Crippen LogP contribution in [0.15, 0.2) is 53.4 Å². The number of aromatic hydroxyl groups is 1. The third kappa shape index (κ3) is 5.58. The van der Waals surface area contributed by atoms with E-state index in [-0.39, 0.29) is 24.0 Å². The van der Waals surface area contributed by atoms with Crippen LogP contribution in [0, 0.1) is 0 Å². The maximum absolute atomic E-state index is 12.7. The number of thiocarbonyl (C=S) groups is 1. The smallest absolute Gasteiger partial charge is 0.266 e. The Bertz CT molecular complexity index is 975. The molecule has 0 spiro atoms. The maximum Gasteiger partial charge on any atom is 0.266 e. The van der Waals surface area contributed by atoms with Crippen molar-refractivity contribution in [2.45, 2.75) is 12.8 Å². The Balaban J connectivity index is 1.54. The molecular weight excluding hydrogens is 408 g/mol. The zero-order chi connectivity index (χ0) is 20.8. The number of amides is 2. The SMILES string of the molecule is COc1cccc(C=C2SC(=S)N(CCCC(=O)Nc3cccc(O)c3)C2=O)c1. The number of methoxy groups -OCH3 is 1. The van der Waals surface area contributed by atoms with Gasteiger partial charge in [-0.15, -0.1) is 0 Å². The van der Waals surface area contributed by atoms with Crippen LogP contribution in [-0.4, -0.2) is 39.8 Å². The van der Waals surface area contributed by atoms with Crippen molar-refractivity contribution in [2.75, 3.05) is 19.0 Å². The summed E-state index contributed by atoms with van der Waals surface area (Å²) in [5.74, 6) is 0.458. The van der Waals surface area contributed by atoms with E-state index in [1.807, 2.05) is 24.3 Å². The van der Waals surface area contributed by atoms with Gasteiger partial charge in [-0.1, -0.05) is 42.2 Å². The van der Waals surface area contributed by atoms with Crippen molar-refractivity contribution in [2.24, 2.45) is 0 Å². The van der Waals surface area contributed by atoms with Gasteiger partial charge in [0.2, 0.25) is 5.91 Å². The van der Waals surface area contributed by atoms with Crippen molar-refractivity contribution in [1.82, 2.24) is 4.90 Å². The second kappa shape index (κ2) is 9.58. The second-order valence-electron chi connectivity index (χ2n) is 6.31. The fraction of sp³-hybridized carbons (Fsp3) is 0.190. The Labute approximate surface area is 178 Å². The van der Waals surface area contributed by atoms with Crippen molar-refractivity contribution < 1.29 is 19.4 Å². The predicted molar refractivity (Wildman–Crippen MR) is 119 cm³/mol. The number of hydrogen-bond donors (Lipinski definition) is 2. The number of hydrogen-bond acceptors (Lipinski definition) is 6. The molecule has 150 valence electrons. The van der Waals surface area contributed by atoms with Gasteiger partial charge in [-0.05, 0) is 42.3 Å². The van der Waals surface area contributed by atoms with Crippen LogP contribution in [0.2, 0.25) is 0 Å². The van der Waals surface area contributed by atoms with E-state index in [9.17, 15) is 14.7 Å². The summed E-state index contributed by atoms with van der Waals surface area (Å²) in [6, 6.07) is 13.8. The first-order chi connectivity index (χ1) is 14.0. The number of nitrogens with zero attached hydrogens (tertiary/aromatic N) is 1. The van der Waals surface area contributed by atoms with E-state index in [1.165, 1.54) is 28.8 Å². The van der Waals surface area contributed by atoms with Gasteiger partial charge in [0, 0.05) is 24.7 Å². The monoisotopic (exact) mass is 428 g/mol. The molecule has 0 radical (unpaired) electrons. The lowest BCUT2D eigenvalue weighted by atomic mass is 10.2. The van der Waals surface area contributed by atoms with Gasteiger partial charge >= 0.3 is 0 Å². The lowest BCUT2D eigenvalue weighted by Gasteiger charge is -2.14.